The van der Waals surface area contributed by atoms with Gasteiger partial charge in [0.05, 0.1) is 6.54 Å². The summed E-state index contributed by atoms with van der Waals surface area (Å²) in [6, 6.07) is 14.3. The minimum atomic E-state index is -0.265. The van der Waals surface area contributed by atoms with Gasteiger partial charge in [-0.3, -0.25) is 9.69 Å². The second-order valence-corrected chi connectivity index (χ2v) is 7.45. The van der Waals surface area contributed by atoms with E-state index >= 15 is 0 Å². The van der Waals surface area contributed by atoms with Crippen molar-refractivity contribution in [2.24, 2.45) is 0 Å². The van der Waals surface area contributed by atoms with Gasteiger partial charge in [0, 0.05) is 37.5 Å². The van der Waals surface area contributed by atoms with Crippen LogP contribution in [0.25, 0.3) is 0 Å². The monoisotopic (exact) mass is 389 g/mol. The number of fused-ring (bicyclic) bond motifs is 2. The van der Waals surface area contributed by atoms with Crippen molar-refractivity contribution in [2.75, 3.05) is 25.0 Å². The summed E-state index contributed by atoms with van der Waals surface area (Å²) >= 11 is 0. The van der Waals surface area contributed by atoms with E-state index in [9.17, 15) is 4.79 Å². The lowest BCUT2D eigenvalue weighted by Crippen LogP contribution is -2.27. The lowest BCUT2D eigenvalue weighted by molar-refractivity contribution is 0.102. The van der Waals surface area contributed by atoms with Crippen molar-refractivity contribution in [3.63, 3.8) is 0 Å². The van der Waals surface area contributed by atoms with Gasteiger partial charge in [0.25, 0.3) is 5.91 Å². The van der Waals surface area contributed by atoms with Crippen molar-refractivity contribution in [1.29, 1.82) is 0 Å². The molecule has 0 atom stereocenters. The van der Waals surface area contributed by atoms with Crippen molar-refractivity contribution in [1.82, 2.24) is 19.7 Å². The maximum Gasteiger partial charge on any atom is 0.277 e. The number of ether oxygens (including phenoxy) is 1. The highest BCUT2D eigenvalue weighted by atomic mass is 16.5. The zero-order chi connectivity index (χ0) is 19.6. The largest absolute Gasteiger partial charge is 0.476 e. The number of aromatic nitrogens is 3. The molecule has 5 rings (SSSR count). The highest BCUT2D eigenvalue weighted by Crippen LogP contribution is 2.22. The zero-order valence-electron chi connectivity index (χ0n) is 16.2. The summed E-state index contributed by atoms with van der Waals surface area (Å²) in [4.78, 5) is 19.5. The van der Waals surface area contributed by atoms with Crippen LogP contribution in [-0.4, -0.2) is 45.3 Å². The van der Waals surface area contributed by atoms with Gasteiger partial charge in [0.1, 0.15) is 12.4 Å². The van der Waals surface area contributed by atoms with Gasteiger partial charge in [0.2, 0.25) is 5.88 Å². The Labute approximate surface area is 169 Å². The van der Waals surface area contributed by atoms with Crippen LogP contribution in [0.15, 0.2) is 48.7 Å². The molecule has 29 heavy (non-hydrogen) atoms. The number of nitrogens with one attached hydrogen (secondary N) is 1. The number of nitrogens with zero attached hydrogens (tertiary/aromatic N) is 4. The van der Waals surface area contributed by atoms with Crippen LogP contribution in [0.1, 0.15) is 27.2 Å². The average Bonchev–Trinajstić information content (AvgIpc) is 3.28. The predicted octanol–water partition coefficient (Wildman–Crippen LogP) is 2.52. The van der Waals surface area contributed by atoms with Gasteiger partial charge in [-0.15, -0.1) is 0 Å². The molecule has 2 aromatic heterocycles. The summed E-state index contributed by atoms with van der Waals surface area (Å²) < 4.78 is 7.15. The minimum absolute atomic E-state index is 0.265. The molecule has 1 aromatic carbocycles. The average molecular weight is 389 g/mol. The molecule has 7 heteroatoms. The smallest absolute Gasteiger partial charge is 0.277 e. The molecule has 1 N–H and O–H groups in total. The Morgan fingerprint density at radius 2 is 1.86 bits per heavy atom. The van der Waals surface area contributed by atoms with Gasteiger partial charge in [-0.25, -0.2) is 9.67 Å². The van der Waals surface area contributed by atoms with Gasteiger partial charge >= 0.3 is 0 Å². The Hall–Kier alpha value is -3.19. The lowest BCUT2D eigenvalue weighted by atomic mass is 10.0. The highest BCUT2D eigenvalue weighted by molar-refractivity contribution is 6.02. The fraction of sp³-hybridized carbons (Fsp3) is 0.318. The first-order valence-corrected chi connectivity index (χ1v) is 10.0. The molecular formula is C22H23N5O2. The quantitative estimate of drug-likeness (QED) is 0.742. The topological polar surface area (TPSA) is 72.3 Å². The van der Waals surface area contributed by atoms with Crippen LogP contribution in [0, 0.1) is 0 Å². The summed E-state index contributed by atoms with van der Waals surface area (Å²) in [6.45, 7) is 4.01. The second kappa shape index (κ2) is 7.67. The third kappa shape index (κ3) is 3.73. The van der Waals surface area contributed by atoms with E-state index in [-0.39, 0.29) is 5.91 Å². The number of amides is 1. The molecule has 0 fully saturated rings. The normalized spacial score (nSPS) is 15.9. The minimum Gasteiger partial charge on any atom is -0.476 e. The Morgan fingerprint density at radius 1 is 1.07 bits per heavy atom. The van der Waals surface area contributed by atoms with E-state index in [0.717, 1.165) is 38.0 Å². The van der Waals surface area contributed by atoms with Crippen molar-refractivity contribution >= 4 is 11.7 Å². The molecular weight excluding hydrogens is 366 g/mol. The summed E-state index contributed by atoms with van der Waals surface area (Å²) in [7, 11) is 0. The maximum atomic E-state index is 12.7. The Morgan fingerprint density at radius 3 is 2.62 bits per heavy atom. The molecule has 1 amide bonds. The van der Waals surface area contributed by atoms with Gasteiger partial charge < -0.3 is 10.1 Å². The van der Waals surface area contributed by atoms with E-state index in [1.807, 2.05) is 12.1 Å². The van der Waals surface area contributed by atoms with E-state index in [4.69, 9.17) is 4.74 Å². The van der Waals surface area contributed by atoms with Crippen LogP contribution >= 0.6 is 0 Å². The van der Waals surface area contributed by atoms with Crippen molar-refractivity contribution in [2.45, 2.75) is 25.9 Å². The van der Waals surface area contributed by atoms with E-state index in [2.05, 4.69) is 44.6 Å². The lowest BCUT2D eigenvalue weighted by Gasteiger charge is -2.21. The first-order chi connectivity index (χ1) is 14.3. The van der Waals surface area contributed by atoms with E-state index in [1.54, 1.807) is 16.9 Å². The summed E-state index contributed by atoms with van der Waals surface area (Å²) in [6.07, 6.45) is 3.78. The molecule has 2 aliphatic rings. The fourth-order valence-electron chi connectivity index (χ4n) is 3.99. The maximum absolute atomic E-state index is 12.7. The number of pyridine rings is 1. The molecule has 0 radical (unpaired) electrons. The number of benzene rings is 1. The van der Waals surface area contributed by atoms with Crippen LogP contribution in [0.4, 0.5) is 5.82 Å². The SMILES string of the molecule is O=C(Nc1ncccc1CN1CCc2ccccc2CC1)c1cc2n(n1)CCO2. The number of hydrogen-bond acceptors (Lipinski definition) is 5. The number of hydrogen-bond donors (Lipinski definition) is 1. The molecule has 0 saturated heterocycles. The summed E-state index contributed by atoms with van der Waals surface area (Å²) in [5.41, 5.74) is 4.23. The van der Waals surface area contributed by atoms with Crippen molar-refractivity contribution in [3.8, 4) is 5.88 Å². The van der Waals surface area contributed by atoms with Crippen LogP contribution in [0.2, 0.25) is 0 Å². The molecule has 0 spiro atoms. The van der Waals surface area contributed by atoms with Crippen molar-refractivity contribution in [3.05, 3.63) is 71.0 Å². The van der Waals surface area contributed by atoms with Gasteiger partial charge in [-0.1, -0.05) is 30.3 Å². The van der Waals surface area contributed by atoms with E-state index in [1.165, 1.54) is 11.1 Å². The zero-order valence-corrected chi connectivity index (χ0v) is 16.2. The Bertz CT molecular complexity index is 997. The molecule has 2 aliphatic heterocycles. The third-order valence-electron chi connectivity index (χ3n) is 5.56. The number of rotatable bonds is 4. The first kappa shape index (κ1) is 17.9. The van der Waals surface area contributed by atoms with Crippen LogP contribution in [0.5, 0.6) is 5.88 Å². The summed E-state index contributed by atoms with van der Waals surface area (Å²) in [5, 5.41) is 7.24. The first-order valence-electron chi connectivity index (χ1n) is 10.0. The molecule has 148 valence electrons. The van der Waals surface area contributed by atoms with Gasteiger partial charge in [-0.05, 0) is 30.0 Å². The van der Waals surface area contributed by atoms with E-state index in [0.29, 0.717) is 30.5 Å². The Balaban J connectivity index is 1.29. The highest BCUT2D eigenvalue weighted by Gasteiger charge is 2.21. The number of anilines is 1. The molecule has 0 unspecified atom stereocenters. The van der Waals surface area contributed by atoms with Crippen LogP contribution < -0.4 is 10.1 Å². The van der Waals surface area contributed by atoms with E-state index < -0.39 is 0 Å². The molecule has 0 aliphatic carbocycles. The third-order valence-corrected chi connectivity index (χ3v) is 5.56. The molecule has 4 heterocycles. The number of carbonyl (C=O) groups is 1. The summed E-state index contributed by atoms with van der Waals surface area (Å²) in [5.74, 6) is 0.965. The Kier molecular flexibility index (Phi) is 4.73. The van der Waals surface area contributed by atoms with Gasteiger partial charge in [0.15, 0.2) is 5.69 Å². The fourth-order valence-corrected chi connectivity index (χ4v) is 3.99. The molecule has 3 aromatic rings. The van der Waals surface area contributed by atoms with Crippen molar-refractivity contribution < 1.29 is 9.53 Å². The molecule has 0 saturated carbocycles. The van der Waals surface area contributed by atoms with Crippen LogP contribution in [-0.2, 0) is 25.9 Å². The standard InChI is InChI=1S/C22H23N5O2/c28-22(19-14-20-27(25-19)12-13-29-20)24-21-18(6-3-9-23-21)15-26-10-7-16-4-1-2-5-17(16)8-11-26/h1-6,9,14H,7-8,10-13,15H2,(H,23,24,28). The molecule has 0 bridgehead atoms. The van der Waals surface area contributed by atoms with Crippen LogP contribution in [0.3, 0.4) is 0 Å². The second-order valence-electron chi connectivity index (χ2n) is 7.45. The predicted molar refractivity (Wildman–Crippen MR) is 109 cm³/mol. The molecule has 7 nitrogen and oxygen atoms in total. The number of carbonyl (C=O) groups excluding carboxylic acids is 1. The van der Waals surface area contributed by atoms with Gasteiger partial charge in [-0.2, -0.15) is 5.10 Å².